The third kappa shape index (κ3) is 4.87. The van der Waals surface area contributed by atoms with Crippen molar-refractivity contribution in [3.8, 4) is 0 Å². The van der Waals surface area contributed by atoms with Crippen LogP contribution in [0.3, 0.4) is 0 Å². The van der Waals surface area contributed by atoms with Crippen LogP contribution >= 0.6 is 0 Å². The number of hydrogen-bond donors (Lipinski definition) is 1. The molecule has 0 aromatic heterocycles. The highest BCUT2D eigenvalue weighted by Crippen LogP contribution is 2.16. The first-order valence-electron chi connectivity index (χ1n) is 7.19. The van der Waals surface area contributed by atoms with E-state index in [1.807, 2.05) is 30.3 Å². The largest absolute Gasteiger partial charge is 0.269 e. The number of rotatable bonds is 7. The van der Waals surface area contributed by atoms with Gasteiger partial charge >= 0.3 is 0 Å². The summed E-state index contributed by atoms with van der Waals surface area (Å²) < 4.78 is 27.1. The summed E-state index contributed by atoms with van der Waals surface area (Å²) in [6.07, 6.45) is 1.43. The lowest BCUT2D eigenvalue weighted by molar-refractivity contribution is -0.384. The summed E-state index contributed by atoms with van der Waals surface area (Å²) in [5, 5.41) is 10.6. The Kier molecular flexibility index (Phi) is 5.46. The smallest absolute Gasteiger partial charge is 0.258 e. The van der Waals surface area contributed by atoms with Crippen LogP contribution in [0.15, 0.2) is 59.5 Å². The van der Waals surface area contributed by atoms with Crippen molar-refractivity contribution >= 4 is 15.7 Å². The molecule has 0 bridgehead atoms. The number of nitro groups is 1. The van der Waals surface area contributed by atoms with Crippen molar-refractivity contribution in [3.63, 3.8) is 0 Å². The predicted molar refractivity (Wildman–Crippen MR) is 87.6 cm³/mol. The molecule has 2 rings (SSSR count). The zero-order chi connectivity index (χ0) is 16.9. The molecule has 0 radical (unpaired) electrons. The van der Waals surface area contributed by atoms with Gasteiger partial charge in [0.05, 0.1) is 9.82 Å². The van der Waals surface area contributed by atoms with Gasteiger partial charge in [-0.15, -0.1) is 0 Å². The normalized spacial score (nSPS) is 12.7. The third-order valence-electron chi connectivity index (χ3n) is 3.42. The number of sulfonamides is 1. The molecule has 1 N–H and O–H groups in total. The second-order valence-electron chi connectivity index (χ2n) is 5.30. The van der Waals surface area contributed by atoms with E-state index in [0.29, 0.717) is 6.42 Å². The van der Waals surface area contributed by atoms with Gasteiger partial charge in [-0.2, -0.15) is 0 Å². The molecule has 0 aliphatic rings. The van der Waals surface area contributed by atoms with Crippen LogP contribution in [0.4, 0.5) is 5.69 Å². The molecule has 0 aliphatic carbocycles. The van der Waals surface area contributed by atoms with Crippen LogP contribution in [0.1, 0.15) is 18.9 Å². The van der Waals surface area contributed by atoms with Crippen LogP contribution in [0.2, 0.25) is 0 Å². The molecule has 0 amide bonds. The van der Waals surface area contributed by atoms with E-state index in [-0.39, 0.29) is 16.6 Å². The molecular weight excluding hydrogens is 316 g/mol. The quantitative estimate of drug-likeness (QED) is 0.623. The molecule has 7 heteroatoms. The number of nitro benzene ring substituents is 1. The molecule has 2 aromatic rings. The van der Waals surface area contributed by atoms with Gasteiger partial charge in [-0.3, -0.25) is 10.1 Å². The van der Waals surface area contributed by atoms with Gasteiger partial charge in [0, 0.05) is 18.2 Å². The minimum Gasteiger partial charge on any atom is -0.258 e. The molecule has 0 saturated heterocycles. The zero-order valence-electron chi connectivity index (χ0n) is 12.7. The Bertz CT molecular complexity index is 758. The number of nitrogens with one attached hydrogen (secondary N) is 1. The maximum Gasteiger partial charge on any atom is 0.269 e. The lowest BCUT2D eigenvalue weighted by Gasteiger charge is -2.14. The van der Waals surface area contributed by atoms with E-state index >= 15 is 0 Å². The minimum absolute atomic E-state index is 0.0228. The molecule has 122 valence electrons. The monoisotopic (exact) mass is 334 g/mol. The van der Waals surface area contributed by atoms with Crippen LogP contribution < -0.4 is 4.72 Å². The molecule has 0 fully saturated rings. The summed E-state index contributed by atoms with van der Waals surface area (Å²) in [4.78, 5) is 10.1. The second-order valence-corrected chi connectivity index (χ2v) is 7.01. The van der Waals surface area contributed by atoms with Gasteiger partial charge in [-0.05, 0) is 37.5 Å². The molecular formula is C16H18N2O4S. The Balaban J connectivity index is 1.98. The average molecular weight is 334 g/mol. The SMILES string of the molecule is C[C@@H](CCc1ccccc1)NS(=O)(=O)c1ccc([N+](=O)[O-])cc1. The van der Waals surface area contributed by atoms with Gasteiger partial charge in [-0.25, -0.2) is 13.1 Å². The first kappa shape index (κ1) is 17.1. The fraction of sp³-hybridized carbons (Fsp3) is 0.250. The highest BCUT2D eigenvalue weighted by atomic mass is 32.2. The van der Waals surface area contributed by atoms with E-state index in [1.54, 1.807) is 6.92 Å². The molecule has 1 atom stereocenters. The summed E-state index contributed by atoms with van der Waals surface area (Å²) in [6, 6.07) is 14.4. The van der Waals surface area contributed by atoms with E-state index in [9.17, 15) is 18.5 Å². The van der Waals surface area contributed by atoms with E-state index in [1.165, 1.54) is 24.3 Å². The van der Waals surface area contributed by atoms with E-state index in [0.717, 1.165) is 12.0 Å². The summed E-state index contributed by atoms with van der Waals surface area (Å²) >= 11 is 0. The van der Waals surface area contributed by atoms with Crippen LogP contribution in [-0.2, 0) is 16.4 Å². The van der Waals surface area contributed by atoms with Crippen molar-refractivity contribution in [2.75, 3.05) is 0 Å². The molecule has 23 heavy (non-hydrogen) atoms. The third-order valence-corrected chi connectivity index (χ3v) is 5.03. The Morgan fingerprint density at radius 3 is 2.26 bits per heavy atom. The van der Waals surface area contributed by atoms with Crippen molar-refractivity contribution in [2.24, 2.45) is 0 Å². The molecule has 0 spiro atoms. The van der Waals surface area contributed by atoms with Crippen LogP contribution in [0.25, 0.3) is 0 Å². The van der Waals surface area contributed by atoms with Gasteiger partial charge in [0.2, 0.25) is 10.0 Å². The number of nitrogens with zero attached hydrogens (tertiary/aromatic N) is 1. The number of non-ortho nitro benzene ring substituents is 1. The van der Waals surface area contributed by atoms with Crippen LogP contribution in [0.5, 0.6) is 0 Å². The van der Waals surface area contributed by atoms with Crippen molar-refractivity contribution in [3.05, 3.63) is 70.3 Å². The Hall–Kier alpha value is -2.25. The Morgan fingerprint density at radius 1 is 1.09 bits per heavy atom. The summed E-state index contributed by atoms with van der Waals surface area (Å²) in [5.74, 6) is 0. The highest BCUT2D eigenvalue weighted by Gasteiger charge is 2.18. The molecule has 0 saturated carbocycles. The maximum absolute atomic E-state index is 12.3. The maximum atomic E-state index is 12.3. The highest BCUT2D eigenvalue weighted by molar-refractivity contribution is 7.89. The van der Waals surface area contributed by atoms with Crippen molar-refractivity contribution in [2.45, 2.75) is 30.7 Å². The van der Waals surface area contributed by atoms with Gasteiger partial charge in [0.1, 0.15) is 0 Å². The van der Waals surface area contributed by atoms with E-state index in [4.69, 9.17) is 0 Å². The summed E-state index contributed by atoms with van der Waals surface area (Å²) in [7, 11) is -3.68. The fourth-order valence-electron chi connectivity index (χ4n) is 2.17. The van der Waals surface area contributed by atoms with Crippen molar-refractivity contribution in [1.29, 1.82) is 0 Å². The van der Waals surface area contributed by atoms with Gasteiger partial charge in [-0.1, -0.05) is 30.3 Å². The molecule has 0 heterocycles. The standard InChI is InChI=1S/C16H18N2O4S/c1-13(7-8-14-5-3-2-4-6-14)17-23(21,22)16-11-9-15(10-12-16)18(19)20/h2-6,9-13,17H,7-8H2,1H3/t13-/m0/s1. The van der Waals surface area contributed by atoms with Gasteiger partial charge in [0.15, 0.2) is 0 Å². The average Bonchev–Trinajstić information content (AvgIpc) is 2.53. The zero-order valence-corrected chi connectivity index (χ0v) is 13.5. The Morgan fingerprint density at radius 2 is 1.70 bits per heavy atom. The van der Waals surface area contributed by atoms with Gasteiger partial charge in [0.25, 0.3) is 5.69 Å². The predicted octanol–water partition coefficient (Wildman–Crippen LogP) is 2.89. The molecule has 2 aromatic carbocycles. The first-order chi connectivity index (χ1) is 10.9. The fourth-order valence-corrected chi connectivity index (χ4v) is 3.44. The van der Waals surface area contributed by atoms with E-state index < -0.39 is 14.9 Å². The first-order valence-corrected chi connectivity index (χ1v) is 8.67. The van der Waals surface area contributed by atoms with Crippen molar-refractivity contribution < 1.29 is 13.3 Å². The van der Waals surface area contributed by atoms with E-state index in [2.05, 4.69) is 4.72 Å². The molecule has 0 aliphatic heterocycles. The van der Waals surface area contributed by atoms with Crippen LogP contribution in [-0.4, -0.2) is 19.4 Å². The van der Waals surface area contributed by atoms with Crippen molar-refractivity contribution in [1.82, 2.24) is 4.72 Å². The lowest BCUT2D eigenvalue weighted by atomic mass is 10.1. The minimum atomic E-state index is -3.68. The summed E-state index contributed by atoms with van der Waals surface area (Å²) in [5.41, 5.74) is 1.01. The Labute approximate surface area is 135 Å². The van der Waals surface area contributed by atoms with Crippen LogP contribution in [0, 0.1) is 10.1 Å². The van der Waals surface area contributed by atoms with Gasteiger partial charge < -0.3 is 0 Å². The number of benzene rings is 2. The number of aryl methyl sites for hydroxylation is 1. The number of hydrogen-bond acceptors (Lipinski definition) is 4. The molecule has 0 unspecified atom stereocenters. The molecule has 6 nitrogen and oxygen atoms in total. The lowest BCUT2D eigenvalue weighted by Crippen LogP contribution is -2.32. The second kappa shape index (κ2) is 7.34. The summed E-state index contributed by atoms with van der Waals surface area (Å²) in [6.45, 7) is 1.80. The topological polar surface area (TPSA) is 89.3 Å².